The summed E-state index contributed by atoms with van der Waals surface area (Å²) in [4.78, 5) is 4.98. The minimum absolute atomic E-state index is 0.641. The van der Waals surface area contributed by atoms with Crippen LogP contribution in [-0.2, 0) is 0 Å². The molecule has 1 fully saturated rings. The summed E-state index contributed by atoms with van der Waals surface area (Å²) in [5.74, 6) is 0. The lowest BCUT2D eigenvalue weighted by Crippen LogP contribution is -2.48. The second-order valence-electron chi connectivity index (χ2n) is 4.89. The van der Waals surface area contributed by atoms with E-state index >= 15 is 0 Å². The van der Waals surface area contributed by atoms with Gasteiger partial charge in [-0.15, -0.1) is 0 Å². The highest BCUT2D eigenvalue weighted by Gasteiger charge is 2.22. The molecule has 1 N–H and O–H groups in total. The van der Waals surface area contributed by atoms with Crippen LogP contribution in [0.15, 0.2) is 0 Å². The molecule has 1 rings (SSSR count). The van der Waals surface area contributed by atoms with E-state index in [-0.39, 0.29) is 0 Å². The second-order valence-corrected chi connectivity index (χ2v) is 4.89. The SMILES string of the molecule is CCC(CN(C)C1CCCN(C)C1)NC. The molecule has 0 saturated carbocycles. The first-order valence-corrected chi connectivity index (χ1v) is 6.23. The first-order chi connectivity index (χ1) is 7.17. The lowest BCUT2D eigenvalue weighted by molar-refractivity contribution is 0.125. The Balaban J connectivity index is 2.34. The molecule has 1 heterocycles. The molecule has 15 heavy (non-hydrogen) atoms. The first kappa shape index (κ1) is 12.9. The summed E-state index contributed by atoms with van der Waals surface area (Å²) >= 11 is 0. The highest BCUT2D eigenvalue weighted by atomic mass is 15.2. The van der Waals surface area contributed by atoms with Crippen LogP contribution in [0.3, 0.4) is 0 Å². The molecule has 1 saturated heterocycles. The van der Waals surface area contributed by atoms with Crippen LogP contribution in [0.2, 0.25) is 0 Å². The summed E-state index contributed by atoms with van der Waals surface area (Å²) in [6.07, 6.45) is 3.92. The zero-order valence-electron chi connectivity index (χ0n) is 10.8. The summed E-state index contributed by atoms with van der Waals surface area (Å²) in [7, 11) is 6.56. The van der Waals surface area contributed by atoms with Crippen molar-refractivity contribution in [3.8, 4) is 0 Å². The van der Waals surface area contributed by atoms with Crippen molar-refractivity contribution in [1.82, 2.24) is 15.1 Å². The third-order valence-electron chi connectivity index (χ3n) is 3.63. The Hall–Kier alpha value is -0.120. The van der Waals surface area contributed by atoms with Crippen molar-refractivity contribution in [2.45, 2.75) is 38.3 Å². The molecular formula is C12H27N3. The van der Waals surface area contributed by atoms with Crippen LogP contribution in [-0.4, -0.2) is 62.7 Å². The zero-order valence-corrected chi connectivity index (χ0v) is 10.8. The van der Waals surface area contributed by atoms with E-state index < -0.39 is 0 Å². The van der Waals surface area contributed by atoms with Crippen LogP contribution in [0.1, 0.15) is 26.2 Å². The van der Waals surface area contributed by atoms with Gasteiger partial charge in [0.2, 0.25) is 0 Å². The molecule has 0 aliphatic carbocycles. The molecule has 3 nitrogen and oxygen atoms in total. The van der Waals surface area contributed by atoms with E-state index in [0.29, 0.717) is 6.04 Å². The minimum Gasteiger partial charge on any atom is -0.316 e. The number of hydrogen-bond donors (Lipinski definition) is 1. The Bertz CT molecular complexity index is 168. The molecule has 90 valence electrons. The Morgan fingerprint density at radius 2 is 2.27 bits per heavy atom. The van der Waals surface area contributed by atoms with Crippen molar-refractivity contribution in [3.63, 3.8) is 0 Å². The van der Waals surface area contributed by atoms with Crippen molar-refractivity contribution >= 4 is 0 Å². The van der Waals surface area contributed by atoms with Gasteiger partial charge < -0.3 is 15.1 Å². The molecule has 0 radical (unpaired) electrons. The standard InChI is InChI=1S/C12H27N3/c1-5-11(13-2)9-15(4)12-7-6-8-14(3)10-12/h11-13H,5-10H2,1-4H3. The lowest BCUT2D eigenvalue weighted by atomic mass is 10.0. The maximum absolute atomic E-state index is 3.38. The highest BCUT2D eigenvalue weighted by Crippen LogP contribution is 2.13. The zero-order chi connectivity index (χ0) is 11.3. The Morgan fingerprint density at radius 1 is 1.53 bits per heavy atom. The molecule has 0 aromatic rings. The smallest absolute Gasteiger partial charge is 0.0221 e. The van der Waals surface area contributed by atoms with Crippen molar-refractivity contribution in [1.29, 1.82) is 0 Å². The number of hydrogen-bond acceptors (Lipinski definition) is 3. The van der Waals surface area contributed by atoms with Gasteiger partial charge in [0.25, 0.3) is 0 Å². The first-order valence-electron chi connectivity index (χ1n) is 6.23. The molecular weight excluding hydrogens is 186 g/mol. The third kappa shape index (κ3) is 4.09. The van der Waals surface area contributed by atoms with Gasteiger partial charge in [0, 0.05) is 25.2 Å². The van der Waals surface area contributed by atoms with Gasteiger partial charge in [0.1, 0.15) is 0 Å². The van der Waals surface area contributed by atoms with Gasteiger partial charge in [0.15, 0.2) is 0 Å². The van der Waals surface area contributed by atoms with Gasteiger partial charge >= 0.3 is 0 Å². The monoisotopic (exact) mass is 213 g/mol. The summed E-state index contributed by atoms with van der Waals surface area (Å²) in [5, 5.41) is 3.38. The van der Waals surface area contributed by atoms with E-state index in [2.05, 4.69) is 43.2 Å². The van der Waals surface area contributed by atoms with E-state index in [1.165, 1.54) is 38.9 Å². The maximum atomic E-state index is 3.38. The van der Waals surface area contributed by atoms with Crippen LogP contribution in [0.25, 0.3) is 0 Å². The molecule has 0 aromatic heterocycles. The molecule has 0 amide bonds. The van der Waals surface area contributed by atoms with Gasteiger partial charge in [-0.25, -0.2) is 0 Å². The normalized spacial score (nSPS) is 25.8. The van der Waals surface area contributed by atoms with Gasteiger partial charge in [-0.3, -0.25) is 0 Å². The fraction of sp³-hybridized carbons (Fsp3) is 1.00. The van der Waals surface area contributed by atoms with Gasteiger partial charge in [-0.05, 0) is 47.0 Å². The predicted octanol–water partition coefficient (Wildman–Crippen LogP) is 1.01. The summed E-state index contributed by atoms with van der Waals surface area (Å²) in [6.45, 7) is 5.93. The highest BCUT2D eigenvalue weighted by molar-refractivity contribution is 4.80. The van der Waals surface area contributed by atoms with E-state index in [4.69, 9.17) is 0 Å². The van der Waals surface area contributed by atoms with Gasteiger partial charge in [-0.2, -0.15) is 0 Å². The van der Waals surface area contributed by atoms with Crippen molar-refractivity contribution in [2.75, 3.05) is 40.8 Å². The fourth-order valence-corrected chi connectivity index (χ4v) is 2.42. The molecule has 3 heteroatoms. The molecule has 0 spiro atoms. The average Bonchev–Trinajstić information content (AvgIpc) is 2.25. The molecule has 0 bridgehead atoms. The van der Waals surface area contributed by atoms with Crippen LogP contribution in [0.5, 0.6) is 0 Å². The summed E-state index contributed by atoms with van der Waals surface area (Å²) in [6, 6.07) is 1.40. The molecule has 2 unspecified atom stereocenters. The molecule has 2 atom stereocenters. The van der Waals surface area contributed by atoms with Gasteiger partial charge in [0.05, 0.1) is 0 Å². The lowest BCUT2D eigenvalue weighted by Gasteiger charge is -2.37. The molecule has 1 aliphatic rings. The van der Waals surface area contributed by atoms with E-state index in [1.54, 1.807) is 0 Å². The van der Waals surface area contributed by atoms with Crippen LogP contribution in [0.4, 0.5) is 0 Å². The molecule has 0 aromatic carbocycles. The van der Waals surface area contributed by atoms with E-state index in [9.17, 15) is 0 Å². The average molecular weight is 213 g/mol. The number of rotatable bonds is 5. The Kier molecular flexibility index (Phi) is 5.58. The molecule has 1 aliphatic heterocycles. The van der Waals surface area contributed by atoms with Crippen molar-refractivity contribution < 1.29 is 0 Å². The number of piperidine rings is 1. The van der Waals surface area contributed by atoms with Crippen LogP contribution in [0, 0.1) is 0 Å². The van der Waals surface area contributed by atoms with E-state index in [0.717, 1.165) is 6.04 Å². The fourth-order valence-electron chi connectivity index (χ4n) is 2.42. The quantitative estimate of drug-likeness (QED) is 0.735. The Labute approximate surface area is 94.8 Å². The summed E-state index contributed by atoms with van der Waals surface area (Å²) < 4.78 is 0. The number of likely N-dealkylation sites (tertiary alicyclic amines) is 1. The number of likely N-dealkylation sites (N-methyl/N-ethyl adjacent to an activating group) is 3. The second kappa shape index (κ2) is 6.46. The van der Waals surface area contributed by atoms with Crippen LogP contribution >= 0.6 is 0 Å². The third-order valence-corrected chi connectivity index (χ3v) is 3.63. The van der Waals surface area contributed by atoms with Gasteiger partial charge in [-0.1, -0.05) is 6.92 Å². The van der Waals surface area contributed by atoms with Crippen molar-refractivity contribution in [2.24, 2.45) is 0 Å². The largest absolute Gasteiger partial charge is 0.316 e. The predicted molar refractivity (Wildman–Crippen MR) is 66.3 cm³/mol. The minimum atomic E-state index is 0.641. The Morgan fingerprint density at radius 3 is 2.80 bits per heavy atom. The summed E-state index contributed by atoms with van der Waals surface area (Å²) in [5.41, 5.74) is 0. The number of nitrogens with one attached hydrogen (secondary N) is 1. The van der Waals surface area contributed by atoms with E-state index in [1.807, 2.05) is 0 Å². The van der Waals surface area contributed by atoms with Crippen LogP contribution < -0.4 is 5.32 Å². The maximum Gasteiger partial charge on any atom is 0.0221 e. The number of nitrogens with zero attached hydrogens (tertiary/aromatic N) is 2. The topological polar surface area (TPSA) is 18.5 Å². The van der Waals surface area contributed by atoms with Crippen molar-refractivity contribution in [3.05, 3.63) is 0 Å².